The first kappa shape index (κ1) is 14.5. The Labute approximate surface area is 139 Å². The molecule has 0 radical (unpaired) electrons. The molecule has 0 bridgehead atoms. The highest BCUT2D eigenvalue weighted by molar-refractivity contribution is 5.92. The number of fused-ring (bicyclic) bond motifs is 3. The Morgan fingerprint density at radius 3 is 2.88 bits per heavy atom. The molecule has 1 amide bonds. The maximum atomic E-state index is 12.6. The predicted molar refractivity (Wildman–Crippen MR) is 90.5 cm³/mol. The second-order valence-corrected chi connectivity index (χ2v) is 6.05. The SMILES string of the molecule is N#Cc1ccc(NC(=O)C2CCc3nc4ccccn4c3C2)cc1. The summed E-state index contributed by atoms with van der Waals surface area (Å²) in [5, 5.41) is 11.8. The molecular weight excluding hydrogens is 300 g/mol. The Morgan fingerprint density at radius 2 is 2.08 bits per heavy atom. The van der Waals surface area contributed by atoms with Crippen molar-refractivity contribution in [3.8, 4) is 6.07 Å². The lowest BCUT2D eigenvalue weighted by Crippen LogP contribution is -2.28. The molecule has 0 saturated heterocycles. The van der Waals surface area contributed by atoms with Crippen molar-refractivity contribution in [2.75, 3.05) is 5.32 Å². The molecule has 1 aromatic carbocycles. The van der Waals surface area contributed by atoms with Crippen molar-refractivity contribution in [3.63, 3.8) is 0 Å². The second kappa shape index (κ2) is 5.82. The van der Waals surface area contributed by atoms with Crippen molar-refractivity contribution < 1.29 is 4.79 Å². The molecule has 3 aromatic rings. The molecule has 1 N–H and O–H groups in total. The van der Waals surface area contributed by atoms with Crippen LogP contribution in [0.5, 0.6) is 0 Å². The van der Waals surface area contributed by atoms with Gasteiger partial charge in [0, 0.05) is 29.9 Å². The van der Waals surface area contributed by atoms with E-state index in [-0.39, 0.29) is 11.8 Å². The molecule has 0 fully saturated rings. The van der Waals surface area contributed by atoms with Gasteiger partial charge in [-0.25, -0.2) is 4.98 Å². The number of hydrogen-bond donors (Lipinski definition) is 1. The number of aryl methyl sites for hydroxylation is 1. The van der Waals surface area contributed by atoms with Gasteiger partial charge in [0.1, 0.15) is 5.65 Å². The normalized spacial score (nSPS) is 16.4. The van der Waals surface area contributed by atoms with Crippen LogP contribution < -0.4 is 5.32 Å². The smallest absolute Gasteiger partial charge is 0.227 e. The van der Waals surface area contributed by atoms with E-state index >= 15 is 0 Å². The van der Waals surface area contributed by atoms with Crippen LogP contribution in [0, 0.1) is 17.2 Å². The van der Waals surface area contributed by atoms with E-state index in [9.17, 15) is 4.79 Å². The minimum absolute atomic E-state index is 0.0243. The summed E-state index contributed by atoms with van der Waals surface area (Å²) in [6, 6.07) is 15.0. The van der Waals surface area contributed by atoms with E-state index < -0.39 is 0 Å². The molecule has 2 aromatic heterocycles. The number of imidazole rings is 1. The zero-order valence-corrected chi connectivity index (χ0v) is 13.1. The third-order valence-corrected chi connectivity index (χ3v) is 4.53. The van der Waals surface area contributed by atoms with Crippen LogP contribution in [0.25, 0.3) is 5.65 Å². The van der Waals surface area contributed by atoms with Gasteiger partial charge in [0.2, 0.25) is 5.91 Å². The number of carbonyl (C=O) groups excluding carboxylic acids is 1. The number of benzene rings is 1. The second-order valence-electron chi connectivity index (χ2n) is 6.05. The number of hydrogen-bond acceptors (Lipinski definition) is 3. The summed E-state index contributed by atoms with van der Waals surface area (Å²) in [4.78, 5) is 17.2. The minimum atomic E-state index is -0.0618. The van der Waals surface area contributed by atoms with Gasteiger partial charge in [-0.2, -0.15) is 5.26 Å². The quantitative estimate of drug-likeness (QED) is 0.790. The van der Waals surface area contributed by atoms with Crippen LogP contribution in [-0.4, -0.2) is 15.3 Å². The molecule has 0 aliphatic heterocycles. The first-order chi connectivity index (χ1) is 11.7. The van der Waals surface area contributed by atoms with E-state index in [1.165, 1.54) is 0 Å². The van der Waals surface area contributed by atoms with Crippen molar-refractivity contribution in [1.29, 1.82) is 5.26 Å². The molecule has 0 spiro atoms. The zero-order chi connectivity index (χ0) is 16.5. The number of rotatable bonds is 2. The first-order valence-corrected chi connectivity index (χ1v) is 8.00. The summed E-state index contributed by atoms with van der Waals surface area (Å²) in [7, 11) is 0. The van der Waals surface area contributed by atoms with Crippen molar-refractivity contribution in [3.05, 3.63) is 65.6 Å². The maximum Gasteiger partial charge on any atom is 0.227 e. The summed E-state index contributed by atoms with van der Waals surface area (Å²) in [5.41, 5.74) is 4.49. The van der Waals surface area contributed by atoms with Crippen LogP contribution in [-0.2, 0) is 17.6 Å². The highest BCUT2D eigenvalue weighted by Gasteiger charge is 2.28. The number of nitrogens with one attached hydrogen (secondary N) is 1. The standard InChI is InChI=1S/C19H16N4O/c20-12-13-4-7-15(8-5-13)21-19(24)14-6-9-16-17(11-14)23-10-2-1-3-18(23)22-16/h1-5,7-8,10,14H,6,9,11H2,(H,21,24). The lowest BCUT2D eigenvalue weighted by molar-refractivity contribution is -0.120. The molecule has 5 heteroatoms. The molecule has 4 rings (SSSR count). The van der Waals surface area contributed by atoms with Crippen LogP contribution in [0.2, 0.25) is 0 Å². The van der Waals surface area contributed by atoms with Crippen molar-refractivity contribution in [1.82, 2.24) is 9.38 Å². The van der Waals surface area contributed by atoms with Crippen LogP contribution in [0.4, 0.5) is 5.69 Å². The van der Waals surface area contributed by atoms with Gasteiger partial charge in [0.15, 0.2) is 0 Å². The van der Waals surface area contributed by atoms with Gasteiger partial charge in [-0.05, 0) is 49.2 Å². The van der Waals surface area contributed by atoms with Gasteiger partial charge in [0.25, 0.3) is 0 Å². The molecule has 118 valence electrons. The molecular formula is C19H16N4O. The summed E-state index contributed by atoms with van der Waals surface area (Å²) in [6.07, 6.45) is 4.33. The lowest BCUT2D eigenvalue weighted by atomic mass is 9.89. The molecule has 1 aliphatic rings. The molecule has 1 unspecified atom stereocenters. The van der Waals surface area contributed by atoms with E-state index in [0.717, 1.165) is 35.6 Å². The highest BCUT2D eigenvalue weighted by atomic mass is 16.1. The molecule has 1 aliphatic carbocycles. The third-order valence-electron chi connectivity index (χ3n) is 4.53. The molecule has 24 heavy (non-hydrogen) atoms. The van der Waals surface area contributed by atoms with Gasteiger partial charge < -0.3 is 9.72 Å². The number of pyridine rings is 1. The largest absolute Gasteiger partial charge is 0.326 e. The van der Waals surface area contributed by atoms with Crippen LogP contribution in [0.15, 0.2) is 48.7 Å². The number of anilines is 1. The fourth-order valence-electron chi connectivity index (χ4n) is 3.25. The van der Waals surface area contributed by atoms with E-state index in [0.29, 0.717) is 12.0 Å². The molecule has 2 heterocycles. The molecule has 5 nitrogen and oxygen atoms in total. The van der Waals surface area contributed by atoms with Crippen LogP contribution in [0.1, 0.15) is 23.4 Å². The van der Waals surface area contributed by atoms with E-state index in [4.69, 9.17) is 5.26 Å². The number of amides is 1. The van der Waals surface area contributed by atoms with Crippen LogP contribution >= 0.6 is 0 Å². The number of carbonyl (C=O) groups is 1. The van der Waals surface area contributed by atoms with Gasteiger partial charge in [-0.15, -0.1) is 0 Å². The first-order valence-electron chi connectivity index (χ1n) is 8.00. The topological polar surface area (TPSA) is 70.2 Å². The average molecular weight is 316 g/mol. The van der Waals surface area contributed by atoms with Gasteiger partial charge in [-0.3, -0.25) is 4.79 Å². The van der Waals surface area contributed by atoms with E-state index in [2.05, 4.69) is 20.8 Å². The van der Waals surface area contributed by atoms with Crippen LogP contribution in [0.3, 0.4) is 0 Å². The van der Waals surface area contributed by atoms with Gasteiger partial charge >= 0.3 is 0 Å². The fourth-order valence-corrected chi connectivity index (χ4v) is 3.25. The fraction of sp³-hybridized carbons (Fsp3) is 0.211. The van der Waals surface area contributed by atoms with E-state index in [1.807, 2.05) is 24.4 Å². The van der Waals surface area contributed by atoms with Gasteiger partial charge in [0.05, 0.1) is 17.3 Å². The monoisotopic (exact) mass is 316 g/mol. The third kappa shape index (κ3) is 2.52. The van der Waals surface area contributed by atoms with Crippen molar-refractivity contribution in [2.24, 2.45) is 5.92 Å². The maximum absolute atomic E-state index is 12.6. The average Bonchev–Trinajstić information content (AvgIpc) is 3.00. The zero-order valence-electron chi connectivity index (χ0n) is 13.1. The Kier molecular flexibility index (Phi) is 3.51. The Morgan fingerprint density at radius 1 is 1.25 bits per heavy atom. The summed E-state index contributed by atoms with van der Waals surface area (Å²) < 4.78 is 2.08. The summed E-state index contributed by atoms with van der Waals surface area (Å²) >= 11 is 0. The lowest BCUT2D eigenvalue weighted by Gasteiger charge is -2.21. The Hall–Kier alpha value is -3.13. The van der Waals surface area contributed by atoms with Gasteiger partial charge in [-0.1, -0.05) is 6.07 Å². The predicted octanol–water partition coefficient (Wildman–Crippen LogP) is 2.95. The summed E-state index contributed by atoms with van der Waals surface area (Å²) in [5.74, 6) is -0.0375. The van der Waals surface area contributed by atoms with E-state index in [1.54, 1.807) is 24.3 Å². The Balaban J connectivity index is 1.53. The Bertz CT molecular complexity index is 950. The molecule has 0 saturated carbocycles. The molecule has 1 atom stereocenters. The summed E-state index contributed by atoms with van der Waals surface area (Å²) in [6.45, 7) is 0. The van der Waals surface area contributed by atoms with Crippen molar-refractivity contribution >= 4 is 17.2 Å². The number of nitrogens with zero attached hydrogens (tertiary/aromatic N) is 3. The highest BCUT2D eigenvalue weighted by Crippen LogP contribution is 2.27. The minimum Gasteiger partial charge on any atom is -0.326 e. The number of aromatic nitrogens is 2. The van der Waals surface area contributed by atoms with Crippen molar-refractivity contribution in [2.45, 2.75) is 19.3 Å². The number of nitriles is 1.